The van der Waals surface area contributed by atoms with Gasteiger partial charge in [-0.15, -0.1) is 11.8 Å². The standard InChI is InChI=1S/C20H22N2O6S/c1-14(23)22-16(13-29-19(22)17-8-5-10-27-17)20(25)28-12-18(24)21-9-11-26-15-6-3-2-4-7-15/h2-8,10,16,19H,9,11-13H2,1H3,(H,21,24)/t16-,19-/m0/s1. The molecular formula is C20H22N2O6S. The first-order valence-electron chi connectivity index (χ1n) is 9.11. The summed E-state index contributed by atoms with van der Waals surface area (Å²) < 4.78 is 16.0. The number of thioether (sulfide) groups is 1. The maximum Gasteiger partial charge on any atom is 0.330 e. The lowest BCUT2D eigenvalue weighted by Crippen LogP contribution is -2.43. The Morgan fingerprint density at radius 1 is 1.21 bits per heavy atom. The smallest absolute Gasteiger partial charge is 0.330 e. The number of amides is 2. The highest BCUT2D eigenvalue weighted by atomic mass is 32.2. The molecule has 1 aromatic heterocycles. The zero-order valence-electron chi connectivity index (χ0n) is 15.9. The quantitative estimate of drug-likeness (QED) is 0.517. The van der Waals surface area contributed by atoms with Gasteiger partial charge in [-0.3, -0.25) is 9.59 Å². The van der Waals surface area contributed by atoms with Gasteiger partial charge in [0.15, 0.2) is 6.61 Å². The monoisotopic (exact) mass is 418 g/mol. The minimum absolute atomic E-state index is 0.263. The largest absolute Gasteiger partial charge is 0.492 e. The maximum absolute atomic E-state index is 12.4. The summed E-state index contributed by atoms with van der Waals surface area (Å²) in [6.45, 7) is 1.56. The highest BCUT2D eigenvalue weighted by Crippen LogP contribution is 2.41. The van der Waals surface area contributed by atoms with Gasteiger partial charge in [-0.1, -0.05) is 18.2 Å². The number of nitrogens with one attached hydrogen (secondary N) is 1. The summed E-state index contributed by atoms with van der Waals surface area (Å²) >= 11 is 1.42. The van der Waals surface area contributed by atoms with E-state index in [1.807, 2.05) is 30.3 Å². The van der Waals surface area contributed by atoms with Gasteiger partial charge in [-0.05, 0) is 24.3 Å². The molecule has 0 unspecified atom stereocenters. The van der Waals surface area contributed by atoms with Crippen molar-refractivity contribution in [3.63, 3.8) is 0 Å². The lowest BCUT2D eigenvalue weighted by molar-refractivity contribution is -0.156. The summed E-state index contributed by atoms with van der Waals surface area (Å²) in [6.07, 6.45) is 1.52. The number of hydrogen-bond acceptors (Lipinski definition) is 7. The Kier molecular flexibility index (Phi) is 7.18. The van der Waals surface area contributed by atoms with Gasteiger partial charge in [0.25, 0.3) is 5.91 Å². The number of hydrogen-bond donors (Lipinski definition) is 1. The summed E-state index contributed by atoms with van der Waals surface area (Å²) in [5.74, 6) is 0.367. The van der Waals surface area contributed by atoms with E-state index in [1.54, 1.807) is 12.1 Å². The fourth-order valence-electron chi connectivity index (χ4n) is 2.88. The van der Waals surface area contributed by atoms with E-state index in [0.29, 0.717) is 23.9 Å². The van der Waals surface area contributed by atoms with E-state index in [0.717, 1.165) is 0 Å². The van der Waals surface area contributed by atoms with E-state index in [1.165, 1.54) is 29.8 Å². The van der Waals surface area contributed by atoms with Gasteiger partial charge in [-0.2, -0.15) is 0 Å². The van der Waals surface area contributed by atoms with Gasteiger partial charge >= 0.3 is 5.97 Å². The number of benzene rings is 1. The molecule has 1 aromatic carbocycles. The summed E-state index contributed by atoms with van der Waals surface area (Å²) in [5.41, 5.74) is 0. The Morgan fingerprint density at radius 3 is 2.69 bits per heavy atom. The Morgan fingerprint density at radius 2 is 2.00 bits per heavy atom. The minimum atomic E-state index is -0.762. The van der Waals surface area contributed by atoms with Gasteiger partial charge in [0.2, 0.25) is 5.91 Å². The normalized spacial score (nSPS) is 18.3. The fourth-order valence-corrected chi connectivity index (χ4v) is 4.30. The SMILES string of the molecule is CC(=O)N1[C@H](C(=O)OCC(=O)NCCOc2ccccc2)CS[C@H]1c1ccco1. The third-order valence-electron chi connectivity index (χ3n) is 4.20. The number of carbonyl (C=O) groups is 3. The average Bonchev–Trinajstić information content (AvgIpc) is 3.39. The molecule has 0 saturated carbocycles. The van der Waals surface area contributed by atoms with E-state index >= 15 is 0 Å². The number of carbonyl (C=O) groups excluding carboxylic acids is 3. The van der Waals surface area contributed by atoms with E-state index in [-0.39, 0.29) is 17.8 Å². The molecule has 0 radical (unpaired) electrons. The average molecular weight is 418 g/mol. The number of para-hydroxylation sites is 1. The maximum atomic E-state index is 12.4. The van der Waals surface area contributed by atoms with Crippen LogP contribution >= 0.6 is 11.8 Å². The van der Waals surface area contributed by atoms with Gasteiger partial charge in [0, 0.05) is 12.7 Å². The highest BCUT2D eigenvalue weighted by molar-refractivity contribution is 7.99. The second-order valence-electron chi connectivity index (χ2n) is 6.26. The van der Waals surface area contributed by atoms with Gasteiger partial charge in [0.1, 0.15) is 29.5 Å². The van der Waals surface area contributed by atoms with Crippen LogP contribution in [0.2, 0.25) is 0 Å². The molecule has 1 N–H and O–H groups in total. The number of esters is 1. The van der Waals surface area contributed by atoms with Gasteiger partial charge in [0.05, 0.1) is 12.8 Å². The molecule has 0 bridgehead atoms. The second kappa shape index (κ2) is 10.0. The van der Waals surface area contributed by atoms with Crippen molar-refractivity contribution >= 4 is 29.5 Å². The summed E-state index contributed by atoms with van der Waals surface area (Å²) in [5, 5.41) is 2.24. The Balaban J connectivity index is 1.42. The molecule has 2 atom stereocenters. The molecule has 3 rings (SSSR count). The van der Waals surface area contributed by atoms with Crippen LogP contribution in [0.1, 0.15) is 18.1 Å². The zero-order valence-corrected chi connectivity index (χ0v) is 16.7. The molecule has 1 saturated heterocycles. The van der Waals surface area contributed by atoms with E-state index in [2.05, 4.69) is 5.32 Å². The van der Waals surface area contributed by atoms with E-state index in [9.17, 15) is 14.4 Å². The van der Waals surface area contributed by atoms with E-state index < -0.39 is 24.5 Å². The Hall–Kier alpha value is -2.94. The number of rotatable bonds is 8. The molecule has 1 aliphatic rings. The molecule has 2 amide bonds. The van der Waals surface area contributed by atoms with Crippen molar-refractivity contribution in [2.24, 2.45) is 0 Å². The molecule has 2 heterocycles. The minimum Gasteiger partial charge on any atom is -0.492 e. The first-order valence-corrected chi connectivity index (χ1v) is 10.2. The van der Waals surface area contributed by atoms with Crippen LogP contribution in [0.15, 0.2) is 53.1 Å². The predicted octanol–water partition coefficient (Wildman–Crippen LogP) is 1.98. The summed E-state index contributed by atoms with van der Waals surface area (Å²) in [7, 11) is 0. The summed E-state index contributed by atoms with van der Waals surface area (Å²) in [4.78, 5) is 37.8. The highest BCUT2D eigenvalue weighted by Gasteiger charge is 2.43. The van der Waals surface area contributed by atoms with Crippen molar-refractivity contribution in [3.05, 3.63) is 54.5 Å². The zero-order chi connectivity index (χ0) is 20.6. The van der Waals surface area contributed by atoms with Crippen LogP contribution in [0.5, 0.6) is 5.75 Å². The van der Waals surface area contributed by atoms with Crippen molar-refractivity contribution in [1.29, 1.82) is 0 Å². The molecule has 29 heavy (non-hydrogen) atoms. The molecule has 0 aliphatic carbocycles. The Bertz CT molecular complexity index is 827. The number of furan rings is 1. The van der Waals surface area contributed by atoms with Crippen LogP contribution in [0, 0.1) is 0 Å². The second-order valence-corrected chi connectivity index (χ2v) is 7.38. The van der Waals surface area contributed by atoms with Crippen LogP contribution in [0.4, 0.5) is 0 Å². The third kappa shape index (κ3) is 5.54. The van der Waals surface area contributed by atoms with Crippen LogP contribution in [-0.2, 0) is 19.1 Å². The fraction of sp³-hybridized carbons (Fsp3) is 0.350. The predicted molar refractivity (Wildman–Crippen MR) is 106 cm³/mol. The van der Waals surface area contributed by atoms with Gasteiger partial charge in [-0.25, -0.2) is 4.79 Å². The van der Waals surface area contributed by atoms with E-state index in [4.69, 9.17) is 13.9 Å². The molecule has 1 aliphatic heterocycles. The van der Waals surface area contributed by atoms with Crippen molar-refractivity contribution in [2.45, 2.75) is 18.3 Å². The van der Waals surface area contributed by atoms with Crippen LogP contribution in [0.3, 0.4) is 0 Å². The van der Waals surface area contributed by atoms with Crippen molar-refractivity contribution in [3.8, 4) is 5.75 Å². The molecule has 1 fully saturated rings. The number of nitrogens with zero attached hydrogens (tertiary/aromatic N) is 1. The first kappa shape index (κ1) is 20.8. The van der Waals surface area contributed by atoms with Crippen molar-refractivity contribution < 1.29 is 28.3 Å². The van der Waals surface area contributed by atoms with Crippen LogP contribution in [-0.4, -0.2) is 54.2 Å². The van der Waals surface area contributed by atoms with Crippen molar-refractivity contribution in [2.75, 3.05) is 25.5 Å². The Labute approximate surface area is 172 Å². The third-order valence-corrected chi connectivity index (χ3v) is 5.49. The topological polar surface area (TPSA) is 98.1 Å². The lowest BCUT2D eigenvalue weighted by Gasteiger charge is -2.25. The molecule has 2 aromatic rings. The lowest BCUT2D eigenvalue weighted by atomic mass is 10.2. The molecule has 8 nitrogen and oxygen atoms in total. The molecule has 154 valence electrons. The molecule has 9 heteroatoms. The first-order chi connectivity index (χ1) is 14.1. The van der Waals surface area contributed by atoms with Gasteiger partial charge < -0.3 is 24.1 Å². The molecular weight excluding hydrogens is 396 g/mol. The number of ether oxygens (including phenoxy) is 2. The summed E-state index contributed by atoms with van der Waals surface area (Å²) in [6, 6.07) is 12.0. The van der Waals surface area contributed by atoms with Crippen LogP contribution < -0.4 is 10.1 Å². The van der Waals surface area contributed by atoms with Crippen LogP contribution in [0.25, 0.3) is 0 Å². The van der Waals surface area contributed by atoms with Crippen molar-refractivity contribution in [1.82, 2.24) is 10.2 Å². The molecule has 0 spiro atoms.